The molecule has 0 amide bonds. The molecule has 3 aromatic rings. The van der Waals surface area contributed by atoms with Gasteiger partial charge in [0, 0.05) is 18.0 Å². The molecule has 0 saturated heterocycles. The van der Waals surface area contributed by atoms with E-state index in [2.05, 4.69) is 27.3 Å². The number of aromatic nitrogens is 3. The van der Waals surface area contributed by atoms with Gasteiger partial charge in [0.15, 0.2) is 5.82 Å². The predicted molar refractivity (Wildman–Crippen MR) is 70.1 cm³/mol. The lowest BCUT2D eigenvalue weighted by atomic mass is 10.2. The molecule has 0 atom stereocenters. The lowest BCUT2D eigenvalue weighted by molar-refractivity contribution is 1.16. The summed E-state index contributed by atoms with van der Waals surface area (Å²) >= 11 is 1.71. The van der Waals surface area contributed by atoms with Crippen LogP contribution in [0.2, 0.25) is 0 Å². The van der Waals surface area contributed by atoms with Crippen molar-refractivity contribution in [1.82, 2.24) is 15.0 Å². The molecule has 0 fully saturated rings. The minimum atomic E-state index is 0.777. The largest absolute Gasteiger partial charge is 0.265 e. The quantitative estimate of drug-likeness (QED) is 0.655. The zero-order valence-corrected chi connectivity index (χ0v) is 10.5. The molecule has 0 radical (unpaired) electrons. The van der Waals surface area contributed by atoms with Crippen molar-refractivity contribution >= 4 is 21.6 Å². The van der Waals surface area contributed by atoms with E-state index >= 15 is 0 Å². The first kappa shape index (κ1) is 10.4. The van der Waals surface area contributed by atoms with E-state index < -0.39 is 0 Å². The van der Waals surface area contributed by atoms with Crippen LogP contribution >= 0.6 is 11.3 Å². The summed E-state index contributed by atoms with van der Waals surface area (Å²) in [6.07, 6.45) is 3.53. The minimum absolute atomic E-state index is 0.777. The Kier molecular flexibility index (Phi) is 2.37. The van der Waals surface area contributed by atoms with Gasteiger partial charge >= 0.3 is 0 Å². The van der Waals surface area contributed by atoms with Crippen molar-refractivity contribution in [2.75, 3.05) is 0 Å². The van der Waals surface area contributed by atoms with E-state index in [1.54, 1.807) is 23.7 Å². The van der Waals surface area contributed by atoms with Gasteiger partial charge in [0.1, 0.15) is 0 Å². The molecule has 0 aromatic carbocycles. The van der Waals surface area contributed by atoms with Crippen molar-refractivity contribution in [3.8, 4) is 11.4 Å². The first-order chi connectivity index (χ1) is 8.25. The topological polar surface area (TPSA) is 38.7 Å². The summed E-state index contributed by atoms with van der Waals surface area (Å²) in [4.78, 5) is 13.2. The Bertz CT molecular complexity index is 674. The highest BCUT2D eigenvalue weighted by Crippen LogP contribution is 2.28. The van der Waals surface area contributed by atoms with Crippen LogP contribution in [0.4, 0.5) is 0 Å². The molecule has 4 heteroatoms. The van der Waals surface area contributed by atoms with Gasteiger partial charge in [-0.25, -0.2) is 9.97 Å². The van der Waals surface area contributed by atoms with E-state index in [4.69, 9.17) is 0 Å². The second kappa shape index (κ2) is 3.89. The van der Waals surface area contributed by atoms with Crippen molar-refractivity contribution in [3.05, 3.63) is 41.2 Å². The zero-order valence-electron chi connectivity index (χ0n) is 9.64. The molecule has 0 saturated carbocycles. The van der Waals surface area contributed by atoms with Crippen LogP contribution in [-0.2, 0) is 0 Å². The molecule has 3 nitrogen and oxygen atoms in total. The highest BCUT2D eigenvalue weighted by atomic mass is 32.1. The van der Waals surface area contributed by atoms with Crippen molar-refractivity contribution in [2.45, 2.75) is 13.8 Å². The Balaban J connectivity index is 2.28. The Morgan fingerprint density at radius 3 is 2.59 bits per heavy atom. The van der Waals surface area contributed by atoms with Crippen LogP contribution < -0.4 is 0 Å². The van der Waals surface area contributed by atoms with E-state index in [0.29, 0.717) is 0 Å². The zero-order chi connectivity index (χ0) is 11.8. The number of aryl methyl sites for hydroxylation is 2. The van der Waals surface area contributed by atoms with Gasteiger partial charge in [0.25, 0.3) is 0 Å². The molecule has 0 aliphatic carbocycles. The molecule has 3 rings (SSSR count). The van der Waals surface area contributed by atoms with Crippen molar-refractivity contribution in [2.24, 2.45) is 0 Å². The van der Waals surface area contributed by atoms with E-state index in [9.17, 15) is 0 Å². The van der Waals surface area contributed by atoms with Crippen LogP contribution in [0.15, 0.2) is 29.9 Å². The molecule has 3 aromatic heterocycles. The normalized spacial score (nSPS) is 10.9. The first-order valence-corrected chi connectivity index (χ1v) is 6.26. The highest BCUT2D eigenvalue weighted by Gasteiger charge is 2.09. The fourth-order valence-corrected chi connectivity index (χ4v) is 2.74. The Morgan fingerprint density at radius 1 is 1.06 bits per heavy atom. The Hall–Kier alpha value is -1.81. The monoisotopic (exact) mass is 241 g/mol. The summed E-state index contributed by atoms with van der Waals surface area (Å²) in [6, 6.07) is 3.87. The molecule has 0 N–H and O–H groups in total. The van der Waals surface area contributed by atoms with Gasteiger partial charge in [-0.05, 0) is 36.9 Å². The summed E-state index contributed by atoms with van der Waals surface area (Å²) in [7, 11) is 0. The Labute approximate surface area is 103 Å². The first-order valence-electron chi connectivity index (χ1n) is 5.38. The molecule has 0 spiro atoms. The molecule has 0 unspecified atom stereocenters. The lowest BCUT2D eigenvalue weighted by Gasteiger charge is -2.02. The van der Waals surface area contributed by atoms with E-state index in [0.717, 1.165) is 22.6 Å². The third-order valence-corrected chi connectivity index (χ3v) is 3.90. The van der Waals surface area contributed by atoms with Gasteiger partial charge in [-0.3, -0.25) is 4.98 Å². The maximum absolute atomic E-state index is 4.64. The highest BCUT2D eigenvalue weighted by molar-refractivity contribution is 7.17. The number of pyridine rings is 1. The second-order valence-corrected chi connectivity index (χ2v) is 4.84. The molecule has 0 bridgehead atoms. The van der Waals surface area contributed by atoms with Crippen molar-refractivity contribution < 1.29 is 0 Å². The number of thiophene rings is 1. The van der Waals surface area contributed by atoms with Crippen molar-refractivity contribution in [3.63, 3.8) is 0 Å². The molecule has 0 aliphatic heterocycles. The number of nitrogens with zero attached hydrogens (tertiary/aromatic N) is 3. The summed E-state index contributed by atoms with van der Waals surface area (Å²) in [5, 5.41) is 2.13. The molecule has 17 heavy (non-hydrogen) atoms. The molecular weight excluding hydrogens is 230 g/mol. The third-order valence-electron chi connectivity index (χ3n) is 2.70. The van der Waals surface area contributed by atoms with Crippen molar-refractivity contribution in [1.29, 1.82) is 0 Å². The van der Waals surface area contributed by atoms with Crippen LogP contribution in [0.5, 0.6) is 0 Å². The fourth-order valence-electron chi connectivity index (χ4n) is 1.80. The van der Waals surface area contributed by atoms with Gasteiger partial charge in [-0.15, -0.1) is 11.3 Å². The number of fused-ring (bicyclic) bond motifs is 1. The minimum Gasteiger partial charge on any atom is -0.265 e. The van der Waals surface area contributed by atoms with Gasteiger partial charge in [-0.1, -0.05) is 0 Å². The number of hydrogen-bond donors (Lipinski definition) is 0. The van der Waals surface area contributed by atoms with E-state index in [1.807, 2.05) is 19.1 Å². The summed E-state index contributed by atoms with van der Waals surface area (Å²) in [6.45, 7) is 4.12. The van der Waals surface area contributed by atoms with Crippen LogP contribution in [-0.4, -0.2) is 15.0 Å². The molecule has 84 valence electrons. The van der Waals surface area contributed by atoms with Gasteiger partial charge in [0.2, 0.25) is 0 Å². The van der Waals surface area contributed by atoms with E-state index in [1.165, 1.54) is 10.3 Å². The van der Waals surface area contributed by atoms with Gasteiger partial charge in [-0.2, -0.15) is 0 Å². The SMILES string of the molecule is Cc1csc2c(C)nc(-c3ccncc3)nc12. The molecule has 3 heterocycles. The molecular formula is C13H11N3S. The summed E-state index contributed by atoms with van der Waals surface area (Å²) in [5.74, 6) is 0.777. The Morgan fingerprint density at radius 2 is 1.82 bits per heavy atom. The standard InChI is InChI=1S/C13H11N3S/c1-8-7-17-12-9(2)15-13(16-11(8)12)10-3-5-14-6-4-10/h3-7H,1-2H3. The summed E-state index contributed by atoms with van der Waals surface area (Å²) < 4.78 is 1.18. The third kappa shape index (κ3) is 1.70. The maximum Gasteiger partial charge on any atom is 0.160 e. The van der Waals surface area contributed by atoms with Crippen LogP contribution in [0.3, 0.4) is 0 Å². The van der Waals surface area contributed by atoms with Crippen LogP contribution in [0.25, 0.3) is 21.6 Å². The lowest BCUT2D eigenvalue weighted by Crippen LogP contribution is -1.92. The van der Waals surface area contributed by atoms with E-state index in [-0.39, 0.29) is 0 Å². The van der Waals surface area contributed by atoms with Gasteiger partial charge < -0.3 is 0 Å². The fraction of sp³-hybridized carbons (Fsp3) is 0.154. The van der Waals surface area contributed by atoms with Gasteiger partial charge in [0.05, 0.1) is 15.9 Å². The number of hydrogen-bond acceptors (Lipinski definition) is 4. The maximum atomic E-state index is 4.64. The second-order valence-electron chi connectivity index (χ2n) is 3.96. The average molecular weight is 241 g/mol. The average Bonchev–Trinajstić information content (AvgIpc) is 2.73. The van der Waals surface area contributed by atoms with Crippen LogP contribution in [0, 0.1) is 13.8 Å². The predicted octanol–water partition coefficient (Wildman–Crippen LogP) is 3.37. The number of rotatable bonds is 1. The summed E-state index contributed by atoms with van der Waals surface area (Å²) in [5.41, 5.74) is 4.33. The van der Waals surface area contributed by atoms with Crippen LogP contribution in [0.1, 0.15) is 11.3 Å². The smallest absolute Gasteiger partial charge is 0.160 e. The molecule has 0 aliphatic rings.